The van der Waals surface area contributed by atoms with E-state index in [1.165, 1.54) is 27.8 Å². The maximum absolute atomic E-state index is 16.1. The predicted octanol–water partition coefficient (Wildman–Crippen LogP) is 10.3. The first-order chi connectivity index (χ1) is 25.5. The normalized spacial score (nSPS) is 15.9. The second kappa shape index (κ2) is 15.0. The quantitative estimate of drug-likeness (QED) is 0.147. The summed E-state index contributed by atoms with van der Waals surface area (Å²) in [5.41, 5.74) is 10.5. The van der Waals surface area contributed by atoms with Crippen molar-refractivity contribution in [1.29, 1.82) is 0 Å². The molecular formula is C46H42ClN3OS. The summed E-state index contributed by atoms with van der Waals surface area (Å²) < 4.78 is 24.1. The molecule has 0 N–H and O–H groups in total. The van der Waals surface area contributed by atoms with Crippen molar-refractivity contribution in [2.75, 3.05) is 18.8 Å². The van der Waals surface area contributed by atoms with Crippen LogP contribution in [0, 0.1) is 0 Å². The van der Waals surface area contributed by atoms with Crippen molar-refractivity contribution in [1.82, 2.24) is 9.29 Å². The van der Waals surface area contributed by atoms with E-state index in [0.29, 0.717) is 25.3 Å². The van der Waals surface area contributed by atoms with Gasteiger partial charge >= 0.3 is 0 Å². The molecule has 260 valence electrons. The van der Waals surface area contributed by atoms with Crippen LogP contribution in [0.15, 0.2) is 168 Å². The SMILES string of the molecule is O=S(CCc1ccccc1)(=NC(c1ccccc1)(c1ccccc1)c1ccccc1)N1CCC(=C2c3ccc(Cl)cc3CCc3cccnc32)CC1. The van der Waals surface area contributed by atoms with Crippen molar-refractivity contribution in [3.63, 3.8) is 0 Å². The van der Waals surface area contributed by atoms with Gasteiger partial charge in [0.15, 0.2) is 0 Å². The van der Waals surface area contributed by atoms with Crippen molar-refractivity contribution in [2.24, 2.45) is 4.36 Å². The van der Waals surface area contributed by atoms with Crippen LogP contribution in [0.5, 0.6) is 0 Å². The minimum absolute atomic E-state index is 0.420. The number of piperidine rings is 1. The standard InChI is InChI=1S/C46H42ClN3OS/c47-42-25-26-43-38(34-42)24-23-37-16-13-30-48-45(37)44(43)36-27-31-50(32-28-36)52(51,33-29-35-14-5-1-6-15-35)49-46(39-17-7-2-8-18-39,40-19-9-3-10-20-40)41-21-11-4-12-22-41/h1-22,25-26,30,34H,23-24,27-29,31-33H2. The molecule has 1 aliphatic carbocycles. The predicted molar refractivity (Wildman–Crippen MR) is 215 cm³/mol. The highest BCUT2D eigenvalue weighted by Crippen LogP contribution is 2.43. The molecule has 2 heterocycles. The molecule has 1 aromatic heterocycles. The van der Waals surface area contributed by atoms with E-state index in [-0.39, 0.29) is 0 Å². The van der Waals surface area contributed by atoms with Gasteiger partial charge in [-0.1, -0.05) is 151 Å². The van der Waals surface area contributed by atoms with Crippen LogP contribution in [0.3, 0.4) is 0 Å². The first-order valence-corrected chi connectivity index (χ1v) is 20.2. The summed E-state index contributed by atoms with van der Waals surface area (Å²) in [4.78, 5) is 4.96. The fraction of sp³-hybridized carbons (Fsp3) is 0.196. The van der Waals surface area contributed by atoms with Crippen LogP contribution < -0.4 is 0 Å². The molecule has 2 aliphatic rings. The van der Waals surface area contributed by atoms with Gasteiger partial charge in [-0.15, -0.1) is 0 Å². The summed E-state index contributed by atoms with van der Waals surface area (Å²) in [6, 6.07) is 52.1. The lowest BCUT2D eigenvalue weighted by atomic mass is 9.78. The molecule has 0 amide bonds. The van der Waals surface area contributed by atoms with Gasteiger partial charge in [0.25, 0.3) is 0 Å². The third-order valence-electron chi connectivity index (χ3n) is 10.6. The third kappa shape index (κ3) is 6.77. The topological polar surface area (TPSA) is 45.6 Å². The van der Waals surface area contributed by atoms with Crippen LogP contribution in [0.1, 0.15) is 57.5 Å². The Balaban J connectivity index is 1.28. The summed E-state index contributed by atoms with van der Waals surface area (Å²) in [5, 5.41) is 0.760. The molecule has 4 nitrogen and oxygen atoms in total. The zero-order valence-corrected chi connectivity index (χ0v) is 30.8. The molecule has 6 aromatic rings. The number of hydrogen-bond acceptors (Lipinski definition) is 3. The van der Waals surface area contributed by atoms with Gasteiger partial charge < -0.3 is 0 Å². The number of aryl methyl sites for hydroxylation is 3. The van der Waals surface area contributed by atoms with Crippen LogP contribution in [-0.4, -0.2) is 32.3 Å². The lowest BCUT2D eigenvalue weighted by Crippen LogP contribution is -2.41. The summed E-state index contributed by atoms with van der Waals surface area (Å²) in [7, 11) is -2.98. The van der Waals surface area contributed by atoms with Gasteiger partial charge in [0.1, 0.15) is 15.5 Å². The van der Waals surface area contributed by atoms with Crippen LogP contribution in [0.25, 0.3) is 5.57 Å². The number of hydrogen-bond donors (Lipinski definition) is 0. The minimum atomic E-state index is -2.98. The lowest BCUT2D eigenvalue weighted by Gasteiger charge is -2.37. The summed E-state index contributed by atoms with van der Waals surface area (Å²) in [6.45, 7) is 1.27. The minimum Gasteiger partial charge on any atom is -0.256 e. The third-order valence-corrected chi connectivity index (χ3v) is 13.3. The van der Waals surface area contributed by atoms with E-state index in [9.17, 15) is 0 Å². The molecule has 8 rings (SSSR count). The number of aromatic nitrogens is 1. The number of rotatable bonds is 8. The Morgan fingerprint density at radius 1 is 0.654 bits per heavy atom. The Hall–Kier alpha value is -4.81. The Kier molecular flexibility index (Phi) is 9.92. The Bertz CT molecular complexity index is 2210. The van der Waals surface area contributed by atoms with Gasteiger partial charge in [-0.2, -0.15) is 0 Å². The Morgan fingerprint density at radius 2 is 1.21 bits per heavy atom. The summed E-state index contributed by atoms with van der Waals surface area (Å²) >= 11 is 6.52. The van der Waals surface area contributed by atoms with Gasteiger partial charge in [0.2, 0.25) is 0 Å². The van der Waals surface area contributed by atoms with Gasteiger partial charge in [-0.3, -0.25) is 4.98 Å². The largest absolute Gasteiger partial charge is 0.256 e. The van der Waals surface area contributed by atoms with Crippen LogP contribution in [0.2, 0.25) is 5.02 Å². The summed E-state index contributed by atoms with van der Waals surface area (Å²) in [5.74, 6) is 0.420. The molecule has 1 fully saturated rings. The van der Waals surface area contributed by atoms with Gasteiger partial charge in [-0.25, -0.2) is 12.9 Å². The second-order valence-electron chi connectivity index (χ2n) is 13.7. The van der Waals surface area contributed by atoms with E-state index < -0.39 is 15.5 Å². The average molecular weight is 720 g/mol. The first kappa shape index (κ1) is 34.3. The molecule has 5 aromatic carbocycles. The van der Waals surface area contributed by atoms with Crippen molar-refractivity contribution < 1.29 is 4.21 Å². The van der Waals surface area contributed by atoms with E-state index >= 15 is 4.21 Å². The molecule has 0 saturated carbocycles. The molecule has 6 heteroatoms. The van der Waals surface area contributed by atoms with Crippen LogP contribution in [-0.2, 0) is 34.7 Å². The Labute approximate surface area is 313 Å². The lowest BCUT2D eigenvalue weighted by molar-refractivity contribution is 0.405. The highest BCUT2D eigenvalue weighted by Gasteiger charge is 2.40. The van der Waals surface area contributed by atoms with E-state index in [2.05, 4.69) is 120 Å². The molecular weight excluding hydrogens is 678 g/mol. The van der Waals surface area contributed by atoms with Crippen LogP contribution >= 0.6 is 11.6 Å². The van der Waals surface area contributed by atoms with E-state index in [4.69, 9.17) is 20.9 Å². The highest BCUT2D eigenvalue weighted by atomic mass is 35.5. The molecule has 1 atom stereocenters. The molecule has 0 radical (unpaired) electrons. The monoisotopic (exact) mass is 719 g/mol. The number of benzene rings is 5. The van der Waals surface area contributed by atoms with Crippen molar-refractivity contribution >= 4 is 27.1 Å². The summed E-state index contributed by atoms with van der Waals surface area (Å²) in [6.07, 6.45) is 5.96. The van der Waals surface area contributed by atoms with Crippen molar-refractivity contribution in [3.8, 4) is 0 Å². The Morgan fingerprint density at radius 3 is 1.81 bits per heavy atom. The first-order valence-electron chi connectivity index (χ1n) is 18.2. The fourth-order valence-corrected chi connectivity index (χ4v) is 10.6. The number of pyridine rings is 1. The number of nitrogens with zero attached hydrogens (tertiary/aromatic N) is 3. The number of fused-ring (bicyclic) bond motifs is 2. The van der Waals surface area contributed by atoms with E-state index in [0.717, 1.165) is 58.7 Å². The second-order valence-corrected chi connectivity index (χ2v) is 16.4. The maximum Gasteiger partial charge on any atom is 0.146 e. The van der Waals surface area contributed by atoms with Gasteiger partial charge in [-0.05, 0) is 89.2 Å². The van der Waals surface area contributed by atoms with Crippen molar-refractivity contribution in [2.45, 2.75) is 37.6 Å². The number of halogens is 1. The maximum atomic E-state index is 16.1. The van der Waals surface area contributed by atoms with E-state index in [1.54, 1.807) is 0 Å². The van der Waals surface area contributed by atoms with Crippen molar-refractivity contribution in [3.05, 3.63) is 213 Å². The molecule has 52 heavy (non-hydrogen) atoms. The average Bonchev–Trinajstić information content (AvgIpc) is 3.37. The molecule has 0 bridgehead atoms. The van der Waals surface area contributed by atoms with Gasteiger partial charge in [0, 0.05) is 35.6 Å². The molecule has 1 unspecified atom stereocenters. The molecule has 1 aliphatic heterocycles. The van der Waals surface area contributed by atoms with E-state index in [1.807, 2.05) is 42.6 Å². The van der Waals surface area contributed by atoms with Crippen LogP contribution in [0.4, 0.5) is 0 Å². The van der Waals surface area contributed by atoms with Gasteiger partial charge in [0.05, 0.1) is 5.69 Å². The smallest absolute Gasteiger partial charge is 0.146 e. The fourth-order valence-electron chi connectivity index (χ4n) is 7.96. The zero-order valence-electron chi connectivity index (χ0n) is 29.2. The highest BCUT2D eigenvalue weighted by molar-refractivity contribution is 7.91. The molecule has 1 saturated heterocycles. The zero-order chi connectivity index (χ0) is 35.4. The molecule has 0 spiro atoms.